The lowest BCUT2D eigenvalue weighted by atomic mass is 9.58. The molecule has 0 amide bonds. The summed E-state index contributed by atoms with van der Waals surface area (Å²) in [5.74, 6) is -0.134. The van der Waals surface area contributed by atoms with Crippen LogP contribution in [0.2, 0.25) is 0 Å². The van der Waals surface area contributed by atoms with E-state index >= 15 is 0 Å². The van der Waals surface area contributed by atoms with Gasteiger partial charge in [-0.2, -0.15) is 0 Å². The molecule has 1 heteroatoms. The third kappa shape index (κ3) is 3.46. The van der Waals surface area contributed by atoms with Crippen molar-refractivity contribution in [3.05, 3.63) is 89.3 Å². The Balaban J connectivity index is 2.73. The molecule has 25 heavy (non-hydrogen) atoms. The minimum absolute atomic E-state index is 0.134. The van der Waals surface area contributed by atoms with Gasteiger partial charge in [-0.05, 0) is 42.0 Å². The maximum absolute atomic E-state index is 14.8. The van der Waals surface area contributed by atoms with Gasteiger partial charge in [0.05, 0.1) is 0 Å². The molecule has 1 aliphatic carbocycles. The number of allylic oxidation sites excluding steroid dienone is 9. The van der Waals surface area contributed by atoms with E-state index < -0.39 is 0 Å². The van der Waals surface area contributed by atoms with Gasteiger partial charge in [-0.15, -0.1) is 0 Å². The Labute approximate surface area is 152 Å². The first-order valence-corrected chi connectivity index (χ1v) is 8.82. The SMILES string of the molecule is C=C\C(=C/C(C)=C/C=C\C)C1=CC(C)(C)C(C)(C)c2c(F)cccc21. The van der Waals surface area contributed by atoms with Crippen LogP contribution in [0.4, 0.5) is 4.39 Å². The summed E-state index contributed by atoms with van der Waals surface area (Å²) in [4.78, 5) is 0. The molecule has 0 fully saturated rings. The molecule has 132 valence electrons. The molecule has 2 rings (SSSR count). The highest BCUT2D eigenvalue weighted by Gasteiger charge is 2.44. The van der Waals surface area contributed by atoms with E-state index in [2.05, 4.69) is 59.4 Å². The molecule has 0 N–H and O–H groups in total. The maximum Gasteiger partial charge on any atom is 0.127 e. The summed E-state index contributed by atoms with van der Waals surface area (Å²) in [5, 5.41) is 0. The molecular weight excluding hydrogens is 307 g/mol. The third-order valence-electron chi connectivity index (χ3n) is 5.51. The monoisotopic (exact) mass is 336 g/mol. The lowest BCUT2D eigenvalue weighted by molar-refractivity contribution is 0.255. The van der Waals surface area contributed by atoms with E-state index in [1.807, 2.05) is 31.2 Å². The Bertz CT molecular complexity index is 795. The molecule has 0 heterocycles. The molecule has 0 unspecified atom stereocenters. The second-order valence-electron chi connectivity index (χ2n) is 7.81. The summed E-state index contributed by atoms with van der Waals surface area (Å²) in [5.41, 5.74) is 4.50. The first kappa shape index (κ1) is 19.2. The van der Waals surface area contributed by atoms with Gasteiger partial charge in [0.1, 0.15) is 5.82 Å². The van der Waals surface area contributed by atoms with E-state index in [0.29, 0.717) is 0 Å². The zero-order valence-corrected chi connectivity index (χ0v) is 16.3. The summed E-state index contributed by atoms with van der Waals surface area (Å²) in [7, 11) is 0. The van der Waals surface area contributed by atoms with Gasteiger partial charge >= 0.3 is 0 Å². The smallest absolute Gasteiger partial charge is 0.127 e. The van der Waals surface area contributed by atoms with Crippen molar-refractivity contribution in [2.24, 2.45) is 5.41 Å². The molecule has 0 radical (unpaired) electrons. The molecule has 1 aromatic carbocycles. The zero-order valence-electron chi connectivity index (χ0n) is 16.3. The Morgan fingerprint density at radius 2 is 1.84 bits per heavy atom. The highest BCUT2D eigenvalue weighted by Crippen LogP contribution is 2.52. The molecule has 0 nitrogen and oxygen atoms in total. The first-order chi connectivity index (χ1) is 11.7. The van der Waals surface area contributed by atoms with Crippen LogP contribution in [-0.2, 0) is 5.41 Å². The predicted octanol–water partition coefficient (Wildman–Crippen LogP) is 7.16. The van der Waals surface area contributed by atoms with Gasteiger partial charge in [-0.1, -0.05) is 88.4 Å². The molecule has 0 saturated heterocycles. The fourth-order valence-corrected chi connectivity index (χ4v) is 3.35. The van der Waals surface area contributed by atoms with E-state index in [1.54, 1.807) is 12.1 Å². The Morgan fingerprint density at radius 1 is 1.16 bits per heavy atom. The number of halogens is 1. The van der Waals surface area contributed by atoms with Crippen LogP contribution in [0.3, 0.4) is 0 Å². The normalized spacial score (nSPS) is 19.6. The fraction of sp³-hybridized carbons (Fsp3) is 0.333. The Morgan fingerprint density at radius 3 is 2.44 bits per heavy atom. The molecular formula is C24H29F. The average Bonchev–Trinajstić information content (AvgIpc) is 2.54. The summed E-state index contributed by atoms with van der Waals surface area (Å²) in [6.45, 7) is 16.6. The van der Waals surface area contributed by atoms with Crippen molar-refractivity contribution < 1.29 is 4.39 Å². The molecule has 0 spiro atoms. The molecule has 0 saturated carbocycles. The van der Waals surface area contributed by atoms with Crippen molar-refractivity contribution in [2.45, 2.75) is 47.0 Å². The van der Waals surface area contributed by atoms with Crippen LogP contribution in [0.5, 0.6) is 0 Å². The van der Waals surface area contributed by atoms with Gasteiger partial charge in [0.2, 0.25) is 0 Å². The van der Waals surface area contributed by atoms with Crippen molar-refractivity contribution in [3.63, 3.8) is 0 Å². The van der Waals surface area contributed by atoms with Gasteiger partial charge in [0.25, 0.3) is 0 Å². The van der Waals surface area contributed by atoms with E-state index in [1.165, 1.54) is 0 Å². The number of rotatable bonds is 4. The van der Waals surface area contributed by atoms with Crippen molar-refractivity contribution in [2.75, 3.05) is 0 Å². The van der Waals surface area contributed by atoms with E-state index in [9.17, 15) is 4.39 Å². The van der Waals surface area contributed by atoms with Gasteiger partial charge in [-0.3, -0.25) is 0 Å². The highest BCUT2D eigenvalue weighted by atomic mass is 19.1. The van der Waals surface area contributed by atoms with Crippen LogP contribution < -0.4 is 0 Å². The topological polar surface area (TPSA) is 0 Å². The third-order valence-corrected chi connectivity index (χ3v) is 5.51. The van der Waals surface area contributed by atoms with Gasteiger partial charge < -0.3 is 0 Å². The van der Waals surface area contributed by atoms with Crippen LogP contribution in [0, 0.1) is 11.2 Å². The fourth-order valence-electron chi connectivity index (χ4n) is 3.35. The number of hydrogen-bond donors (Lipinski definition) is 0. The van der Waals surface area contributed by atoms with Crippen LogP contribution >= 0.6 is 0 Å². The second kappa shape index (κ2) is 7.00. The molecule has 1 aromatic rings. The minimum Gasteiger partial charge on any atom is -0.207 e. The lowest BCUT2D eigenvalue weighted by Gasteiger charge is -2.45. The van der Waals surface area contributed by atoms with Crippen molar-refractivity contribution in [1.82, 2.24) is 0 Å². The van der Waals surface area contributed by atoms with Crippen molar-refractivity contribution in [1.29, 1.82) is 0 Å². The molecule has 0 bridgehead atoms. The summed E-state index contributed by atoms with van der Waals surface area (Å²) >= 11 is 0. The van der Waals surface area contributed by atoms with Crippen LogP contribution in [0.1, 0.15) is 52.7 Å². The Kier molecular flexibility index (Phi) is 5.37. The summed E-state index contributed by atoms with van der Waals surface area (Å²) in [6, 6.07) is 5.37. The second-order valence-corrected chi connectivity index (χ2v) is 7.81. The summed E-state index contributed by atoms with van der Waals surface area (Å²) in [6.07, 6.45) is 12.3. The molecule has 0 aromatic heterocycles. The largest absolute Gasteiger partial charge is 0.207 e. The quantitative estimate of drug-likeness (QED) is 0.512. The standard InChI is InChI=1S/C24H29F/c1-8-10-12-17(3)15-18(9-2)20-16-23(4,5)24(6,7)22-19(20)13-11-14-21(22)25/h8-16H,2H2,1,3-7H3/b10-8-,17-12+,18-15+. The number of benzene rings is 1. The van der Waals surface area contributed by atoms with E-state index in [-0.39, 0.29) is 16.6 Å². The number of fused-ring (bicyclic) bond motifs is 1. The molecule has 0 aliphatic heterocycles. The highest BCUT2D eigenvalue weighted by molar-refractivity contribution is 5.86. The van der Waals surface area contributed by atoms with Crippen molar-refractivity contribution in [3.8, 4) is 0 Å². The van der Waals surface area contributed by atoms with Crippen LogP contribution in [-0.4, -0.2) is 0 Å². The van der Waals surface area contributed by atoms with E-state index in [4.69, 9.17) is 0 Å². The maximum atomic E-state index is 14.8. The Hall–Kier alpha value is -2.15. The van der Waals surface area contributed by atoms with Gasteiger partial charge in [-0.25, -0.2) is 4.39 Å². The summed E-state index contributed by atoms with van der Waals surface area (Å²) < 4.78 is 14.8. The van der Waals surface area contributed by atoms with Crippen LogP contribution in [0.15, 0.2) is 72.4 Å². The van der Waals surface area contributed by atoms with Gasteiger partial charge in [0.15, 0.2) is 0 Å². The van der Waals surface area contributed by atoms with Gasteiger partial charge in [0, 0.05) is 11.0 Å². The molecule has 1 aliphatic rings. The average molecular weight is 336 g/mol. The van der Waals surface area contributed by atoms with E-state index in [0.717, 1.165) is 27.8 Å². The number of hydrogen-bond acceptors (Lipinski definition) is 0. The lowest BCUT2D eigenvalue weighted by Crippen LogP contribution is -2.39. The molecule has 0 atom stereocenters. The van der Waals surface area contributed by atoms with Crippen LogP contribution in [0.25, 0.3) is 5.57 Å². The van der Waals surface area contributed by atoms with Crippen molar-refractivity contribution >= 4 is 5.57 Å². The predicted molar refractivity (Wildman–Crippen MR) is 108 cm³/mol. The first-order valence-electron chi connectivity index (χ1n) is 8.82. The minimum atomic E-state index is -0.292. The zero-order chi connectivity index (χ0) is 18.8.